The number of Topliss-reactive ketones (excluding diaryl/α,β-unsaturated/α-hetero) is 1. The number of aryl methyl sites for hydroxylation is 1. The van der Waals surface area contributed by atoms with Crippen LogP contribution in [0.1, 0.15) is 42.1 Å². The van der Waals surface area contributed by atoms with Crippen LogP contribution in [-0.4, -0.2) is 18.9 Å². The summed E-state index contributed by atoms with van der Waals surface area (Å²) in [5.41, 5.74) is 0.770. The average molecular weight is 249 g/mol. The Bertz CT molecular complexity index is 450. The first-order chi connectivity index (χ1) is 8.59. The van der Waals surface area contributed by atoms with Crippen molar-refractivity contribution in [3.05, 3.63) is 35.1 Å². The topological polar surface area (TPSA) is 29.1 Å². The second-order valence-corrected chi connectivity index (χ2v) is 5.25. The molecule has 18 heavy (non-hydrogen) atoms. The maximum absolute atomic E-state index is 13.6. The fraction of sp³-hybridized carbons (Fsp3) is 0.533. The van der Waals surface area contributed by atoms with Crippen LogP contribution in [0.4, 0.5) is 4.39 Å². The number of carbonyl (C=O) groups is 1. The minimum atomic E-state index is -0.323. The van der Waals surface area contributed by atoms with E-state index in [-0.39, 0.29) is 17.0 Å². The van der Waals surface area contributed by atoms with Crippen LogP contribution in [0.25, 0.3) is 0 Å². The van der Waals surface area contributed by atoms with E-state index < -0.39 is 0 Å². The molecule has 1 atom stereocenters. The number of carbonyl (C=O) groups excluding carboxylic acids is 1. The number of hydrogen-bond acceptors (Lipinski definition) is 2. The van der Waals surface area contributed by atoms with Crippen molar-refractivity contribution in [1.29, 1.82) is 0 Å². The van der Waals surface area contributed by atoms with E-state index in [9.17, 15) is 9.18 Å². The van der Waals surface area contributed by atoms with Crippen LogP contribution in [0.3, 0.4) is 0 Å². The van der Waals surface area contributed by atoms with Gasteiger partial charge in [0.05, 0.1) is 0 Å². The lowest BCUT2D eigenvalue weighted by atomic mass is 9.76. The summed E-state index contributed by atoms with van der Waals surface area (Å²) >= 11 is 0. The zero-order valence-corrected chi connectivity index (χ0v) is 11.1. The van der Waals surface area contributed by atoms with Crippen LogP contribution in [0.2, 0.25) is 0 Å². The van der Waals surface area contributed by atoms with E-state index in [4.69, 9.17) is 0 Å². The van der Waals surface area contributed by atoms with E-state index in [1.54, 1.807) is 19.1 Å². The summed E-state index contributed by atoms with van der Waals surface area (Å²) in [7, 11) is 0. The average Bonchev–Trinajstić information content (AvgIpc) is 2.82. The lowest BCUT2D eigenvalue weighted by Crippen LogP contribution is -2.33. The second kappa shape index (κ2) is 5.19. The van der Waals surface area contributed by atoms with Gasteiger partial charge in [-0.1, -0.05) is 25.5 Å². The van der Waals surface area contributed by atoms with Crippen LogP contribution in [0.15, 0.2) is 18.2 Å². The van der Waals surface area contributed by atoms with E-state index in [0.29, 0.717) is 11.1 Å². The summed E-state index contributed by atoms with van der Waals surface area (Å²) in [6, 6.07) is 4.81. The standard InChI is InChI=1S/C15H20FNO/c1-3-6-15(7-8-17-10-15)14(18)12-5-4-11(2)13(16)9-12/h4-5,9,17H,3,6-8,10H2,1-2H3. The summed E-state index contributed by atoms with van der Waals surface area (Å²) < 4.78 is 13.6. The molecule has 0 saturated carbocycles. The van der Waals surface area contributed by atoms with Crippen LogP contribution in [0, 0.1) is 18.2 Å². The van der Waals surface area contributed by atoms with Gasteiger partial charge in [0, 0.05) is 17.5 Å². The Hall–Kier alpha value is -1.22. The molecule has 1 aliphatic heterocycles. The molecule has 1 N–H and O–H groups in total. The molecule has 0 aliphatic carbocycles. The normalized spacial score (nSPS) is 23.3. The molecular weight excluding hydrogens is 229 g/mol. The maximum atomic E-state index is 13.6. The molecule has 1 aliphatic rings. The van der Waals surface area contributed by atoms with Crippen LogP contribution in [0.5, 0.6) is 0 Å². The minimum absolute atomic E-state index is 0.0910. The predicted molar refractivity (Wildman–Crippen MR) is 70.3 cm³/mol. The van der Waals surface area contributed by atoms with Gasteiger partial charge in [-0.2, -0.15) is 0 Å². The van der Waals surface area contributed by atoms with Crippen LogP contribution >= 0.6 is 0 Å². The van der Waals surface area contributed by atoms with Gasteiger partial charge in [0.15, 0.2) is 5.78 Å². The molecule has 1 aromatic carbocycles. The Kier molecular flexibility index (Phi) is 3.81. The Labute approximate surface area is 108 Å². The third-order valence-electron chi connectivity index (χ3n) is 3.89. The number of nitrogens with one attached hydrogen (secondary N) is 1. The molecule has 1 saturated heterocycles. The van der Waals surface area contributed by atoms with Gasteiger partial charge >= 0.3 is 0 Å². The van der Waals surface area contributed by atoms with Crippen molar-refractivity contribution in [2.24, 2.45) is 5.41 Å². The van der Waals surface area contributed by atoms with Crippen molar-refractivity contribution in [1.82, 2.24) is 5.32 Å². The summed E-state index contributed by atoms with van der Waals surface area (Å²) in [6.45, 7) is 5.39. The lowest BCUT2D eigenvalue weighted by Gasteiger charge is -2.26. The molecule has 2 rings (SSSR count). The third kappa shape index (κ3) is 2.32. The van der Waals surface area contributed by atoms with Crippen molar-refractivity contribution >= 4 is 5.78 Å². The van der Waals surface area contributed by atoms with Gasteiger partial charge in [-0.05, 0) is 37.9 Å². The fourth-order valence-corrected chi connectivity index (χ4v) is 2.78. The first kappa shape index (κ1) is 13.2. The van der Waals surface area contributed by atoms with E-state index in [1.807, 2.05) is 0 Å². The quantitative estimate of drug-likeness (QED) is 0.831. The monoisotopic (exact) mass is 249 g/mol. The Balaban J connectivity index is 2.30. The zero-order chi connectivity index (χ0) is 13.2. The van der Waals surface area contributed by atoms with Gasteiger partial charge in [-0.25, -0.2) is 4.39 Å². The molecule has 2 nitrogen and oxygen atoms in total. The van der Waals surface area contributed by atoms with Crippen molar-refractivity contribution in [3.63, 3.8) is 0 Å². The molecule has 0 bridgehead atoms. The number of benzene rings is 1. The molecule has 1 unspecified atom stereocenters. The van der Waals surface area contributed by atoms with Gasteiger partial charge in [-0.15, -0.1) is 0 Å². The second-order valence-electron chi connectivity index (χ2n) is 5.25. The molecule has 1 aromatic rings. The van der Waals surface area contributed by atoms with Gasteiger partial charge in [0.2, 0.25) is 0 Å². The molecule has 0 radical (unpaired) electrons. The number of ketones is 1. The minimum Gasteiger partial charge on any atom is -0.316 e. The number of hydrogen-bond donors (Lipinski definition) is 1. The number of rotatable bonds is 4. The lowest BCUT2D eigenvalue weighted by molar-refractivity contribution is 0.0801. The molecule has 98 valence electrons. The maximum Gasteiger partial charge on any atom is 0.170 e. The smallest absolute Gasteiger partial charge is 0.170 e. The summed E-state index contributed by atoms with van der Waals surface area (Å²) in [5, 5.41) is 3.26. The van der Waals surface area contributed by atoms with E-state index >= 15 is 0 Å². The largest absolute Gasteiger partial charge is 0.316 e. The zero-order valence-electron chi connectivity index (χ0n) is 11.1. The predicted octanol–water partition coefficient (Wildman–Crippen LogP) is 3.10. The van der Waals surface area contributed by atoms with Gasteiger partial charge in [0.25, 0.3) is 0 Å². The van der Waals surface area contributed by atoms with Crippen molar-refractivity contribution < 1.29 is 9.18 Å². The van der Waals surface area contributed by atoms with Gasteiger partial charge in [-0.3, -0.25) is 4.79 Å². The third-order valence-corrected chi connectivity index (χ3v) is 3.89. The molecule has 0 amide bonds. The molecule has 0 aromatic heterocycles. The summed E-state index contributed by atoms with van der Waals surface area (Å²) in [4.78, 5) is 12.6. The highest BCUT2D eigenvalue weighted by molar-refractivity contribution is 6.01. The Morgan fingerprint density at radius 3 is 2.83 bits per heavy atom. The Morgan fingerprint density at radius 2 is 2.28 bits per heavy atom. The Morgan fingerprint density at radius 1 is 1.50 bits per heavy atom. The number of halogens is 1. The van der Waals surface area contributed by atoms with Crippen molar-refractivity contribution in [2.45, 2.75) is 33.1 Å². The first-order valence-corrected chi connectivity index (χ1v) is 6.61. The van der Waals surface area contributed by atoms with Gasteiger partial charge in [0.1, 0.15) is 5.82 Å². The van der Waals surface area contributed by atoms with Gasteiger partial charge < -0.3 is 5.32 Å². The van der Waals surface area contributed by atoms with E-state index in [1.165, 1.54) is 6.07 Å². The highest BCUT2D eigenvalue weighted by Gasteiger charge is 2.40. The highest BCUT2D eigenvalue weighted by Crippen LogP contribution is 2.35. The molecule has 3 heteroatoms. The first-order valence-electron chi connectivity index (χ1n) is 6.61. The highest BCUT2D eigenvalue weighted by atomic mass is 19.1. The van der Waals surface area contributed by atoms with E-state index in [0.717, 1.165) is 32.4 Å². The van der Waals surface area contributed by atoms with Crippen molar-refractivity contribution in [3.8, 4) is 0 Å². The summed E-state index contributed by atoms with van der Waals surface area (Å²) in [5.74, 6) is -0.202. The fourth-order valence-electron chi connectivity index (χ4n) is 2.78. The van der Waals surface area contributed by atoms with E-state index in [2.05, 4.69) is 12.2 Å². The molecule has 1 fully saturated rings. The van der Waals surface area contributed by atoms with Crippen LogP contribution < -0.4 is 5.32 Å². The molecule has 0 spiro atoms. The van der Waals surface area contributed by atoms with Crippen LogP contribution in [-0.2, 0) is 0 Å². The molecule has 1 heterocycles. The summed E-state index contributed by atoms with van der Waals surface area (Å²) in [6.07, 6.45) is 2.70. The SMILES string of the molecule is CCCC1(C(=O)c2ccc(C)c(F)c2)CCNC1. The van der Waals surface area contributed by atoms with Crippen molar-refractivity contribution in [2.75, 3.05) is 13.1 Å². The molecular formula is C15H20FNO.